The van der Waals surface area contributed by atoms with Crippen molar-refractivity contribution < 1.29 is 9.90 Å². The molecule has 1 unspecified atom stereocenters. The molecule has 0 aromatic rings. The fraction of sp³-hybridized carbons (Fsp3) is 0.615. The first kappa shape index (κ1) is 12.0. The van der Waals surface area contributed by atoms with E-state index in [1.807, 2.05) is 6.08 Å². The van der Waals surface area contributed by atoms with Crippen molar-refractivity contribution in [3.8, 4) is 0 Å². The molecule has 1 aliphatic carbocycles. The summed E-state index contributed by atoms with van der Waals surface area (Å²) in [5.74, 6) is -0.818. The lowest BCUT2D eigenvalue weighted by Crippen LogP contribution is -2.24. The van der Waals surface area contributed by atoms with E-state index in [9.17, 15) is 4.79 Å². The third kappa shape index (κ3) is 2.49. The molecule has 1 saturated carbocycles. The van der Waals surface area contributed by atoms with Gasteiger partial charge >= 0.3 is 5.97 Å². The van der Waals surface area contributed by atoms with Crippen molar-refractivity contribution in [2.45, 2.75) is 46.0 Å². The average molecular weight is 208 g/mol. The SMILES string of the molecule is C=C1CCCCC1(/C=C(\C)C(=O)O)CC. The summed E-state index contributed by atoms with van der Waals surface area (Å²) in [5, 5.41) is 8.91. The first-order valence-corrected chi connectivity index (χ1v) is 5.63. The van der Waals surface area contributed by atoms with Crippen LogP contribution in [0.4, 0.5) is 0 Å². The molecule has 2 nitrogen and oxygen atoms in total. The van der Waals surface area contributed by atoms with Gasteiger partial charge in [-0.1, -0.05) is 31.6 Å². The van der Waals surface area contributed by atoms with Crippen LogP contribution in [0.2, 0.25) is 0 Å². The normalized spacial score (nSPS) is 27.9. The summed E-state index contributed by atoms with van der Waals surface area (Å²) >= 11 is 0. The quantitative estimate of drug-likeness (QED) is 0.569. The van der Waals surface area contributed by atoms with Crippen molar-refractivity contribution in [3.05, 3.63) is 23.8 Å². The Morgan fingerprint density at radius 1 is 1.60 bits per heavy atom. The molecule has 84 valence electrons. The molecule has 2 heteroatoms. The summed E-state index contributed by atoms with van der Waals surface area (Å²) < 4.78 is 0. The topological polar surface area (TPSA) is 37.3 Å². The van der Waals surface area contributed by atoms with Gasteiger partial charge in [0.15, 0.2) is 0 Å². The fourth-order valence-electron chi connectivity index (χ4n) is 2.38. The Labute approximate surface area is 91.7 Å². The first-order chi connectivity index (χ1) is 7.02. The van der Waals surface area contributed by atoms with Crippen LogP contribution >= 0.6 is 0 Å². The zero-order valence-electron chi connectivity index (χ0n) is 9.68. The van der Waals surface area contributed by atoms with Crippen molar-refractivity contribution in [1.82, 2.24) is 0 Å². The van der Waals surface area contributed by atoms with Gasteiger partial charge in [0.1, 0.15) is 0 Å². The molecule has 1 fully saturated rings. The van der Waals surface area contributed by atoms with Gasteiger partial charge in [-0.2, -0.15) is 0 Å². The molecule has 0 radical (unpaired) electrons. The zero-order chi connectivity index (χ0) is 11.5. The van der Waals surface area contributed by atoms with E-state index in [1.165, 1.54) is 18.4 Å². The van der Waals surface area contributed by atoms with Gasteiger partial charge in [-0.15, -0.1) is 0 Å². The van der Waals surface area contributed by atoms with E-state index in [2.05, 4.69) is 13.5 Å². The molecule has 1 rings (SSSR count). The minimum Gasteiger partial charge on any atom is -0.478 e. The molecule has 1 aliphatic rings. The van der Waals surface area contributed by atoms with Gasteiger partial charge in [-0.05, 0) is 32.6 Å². The van der Waals surface area contributed by atoms with E-state index in [-0.39, 0.29) is 5.41 Å². The highest BCUT2D eigenvalue weighted by molar-refractivity contribution is 5.86. The summed E-state index contributed by atoms with van der Waals surface area (Å²) in [6.45, 7) is 7.89. The van der Waals surface area contributed by atoms with Gasteiger partial charge in [-0.3, -0.25) is 0 Å². The third-order valence-corrected chi connectivity index (χ3v) is 3.52. The molecule has 0 bridgehead atoms. The van der Waals surface area contributed by atoms with Crippen LogP contribution in [0.3, 0.4) is 0 Å². The fourth-order valence-corrected chi connectivity index (χ4v) is 2.38. The maximum absolute atomic E-state index is 10.8. The van der Waals surface area contributed by atoms with Crippen molar-refractivity contribution in [2.75, 3.05) is 0 Å². The highest BCUT2D eigenvalue weighted by Gasteiger charge is 2.31. The number of carboxylic acids is 1. The zero-order valence-corrected chi connectivity index (χ0v) is 9.68. The second-order valence-corrected chi connectivity index (χ2v) is 4.45. The monoisotopic (exact) mass is 208 g/mol. The second kappa shape index (κ2) is 4.65. The van der Waals surface area contributed by atoms with E-state index < -0.39 is 5.97 Å². The van der Waals surface area contributed by atoms with Crippen LogP contribution in [-0.2, 0) is 4.79 Å². The van der Waals surface area contributed by atoms with Gasteiger partial charge in [0.2, 0.25) is 0 Å². The Bertz CT molecular complexity index is 302. The van der Waals surface area contributed by atoms with Crippen LogP contribution < -0.4 is 0 Å². The number of hydrogen-bond acceptors (Lipinski definition) is 1. The van der Waals surface area contributed by atoms with E-state index >= 15 is 0 Å². The van der Waals surface area contributed by atoms with Crippen molar-refractivity contribution in [2.24, 2.45) is 5.41 Å². The summed E-state index contributed by atoms with van der Waals surface area (Å²) in [4.78, 5) is 10.8. The number of rotatable bonds is 3. The number of aliphatic carboxylic acids is 1. The molecule has 0 aromatic heterocycles. The van der Waals surface area contributed by atoms with E-state index in [0.29, 0.717) is 5.57 Å². The van der Waals surface area contributed by atoms with Crippen molar-refractivity contribution >= 4 is 5.97 Å². The molecule has 0 aliphatic heterocycles. The maximum atomic E-state index is 10.8. The van der Waals surface area contributed by atoms with Crippen LogP contribution in [0.25, 0.3) is 0 Å². The van der Waals surface area contributed by atoms with Gasteiger partial charge in [0.25, 0.3) is 0 Å². The minimum absolute atomic E-state index is 0.0548. The minimum atomic E-state index is -0.818. The molecule has 0 spiro atoms. The highest BCUT2D eigenvalue weighted by Crippen LogP contribution is 2.44. The van der Waals surface area contributed by atoms with Crippen LogP contribution in [-0.4, -0.2) is 11.1 Å². The van der Waals surface area contributed by atoms with Crippen molar-refractivity contribution in [3.63, 3.8) is 0 Å². The van der Waals surface area contributed by atoms with Gasteiger partial charge < -0.3 is 5.11 Å². The second-order valence-electron chi connectivity index (χ2n) is 4.45. The highest BCUT2D eigenvalue weighted by atomic mass is 16.4. The number of hydrogen-bond donors (Lipinski definition) is 1. The lowest BCUT2D eigenvalue weighted by atomic mass is 9.68. The lowest BCUT2D eigenvalue weighted by Gasteiger charge is -2.36. The van der Waals surface area contributed by atoms with Crippen molar-refractivity contribution in [1.29, 1.82) is 0 Å². The summed E-state index contributed by atoms with van der Waals surface area (Å²) in [7, 11) is 0. The lowest BCUT2D eigenvalue weighted by molar-refractivity contribution is -0.132. The molecule has 0 saturated heterocycles. The summed E-state index contributed by atoms with van der Waals surface area (Å²) in [5.41, 5.74) is 1.59. The largest absolute Gasteiger partial charge is 0.478 e. The number of allylic oxidation sites excluding steroid dienone is 2. The smallest absolute Gasteiger partial charge is 0.330 e. The Balaban J connectivity index is 2.98. The predicted octanol–water partition coefficient (Wildman–Crippen LogP) is 3.54. The molecular formula is C13H20O2. The van der Waals surface area contributed by atoms with Gasteiger partial charge in [0.05, 0.1) is 0 Å². The van der Waals surface area contributed by atoms with Gasteiger partial charge in [0, 0.05) is 11.0 Å². The summed E-state index contributed by atoms with van der Waals surface area (Å²) in [6.07, 6.45) is 7.33. The van der Waals surface area contributed by atoms with Crippen LogP contribution in [0.1, 0.15) is 46.0 Å². The van der Waals surface area contributed by atoms with Crippen LogP contribution in [0, 0.1) is 5.41 Å². The molecule has 15 heavy (non-hydrogen) atoms. The standard InChI is InChI=1S/C13H20O2/c1-4-13(9-10(2)12(14)15)8-6-5-7-11(13)3/h9H,3-8H2,1-2H3,(H,14,15)/b10-9+. The average Bonchev–Trinajstić information content (AvgIpc) is 2.21. The predicted molar refractivity (Wildman–Crippen MR) is 61.7 cm³/mol. The Hall–Kier alpha value is -1.05. The Kier molecular flexibility index (Phi) is 3.72. The third-order valence-electron chi connectivity index (χ3n) is 3.52. The van der Waals surface area contributed by atoms with E-state index in [4.69, 9.17) is 5.11 Å². The molecule has 1 atom stereocenters. The van der Waals surface area contributed by atoms with E-state index in [0.717, 1.165) is 19.3 Å². The molecule has 0 amide bonds. The molecule has 1 N–H and O–H groups in total. The molecular weight excluding hydrogens is 188 g/mol. The van der Waals surface area contributed by atoms with Crippen LogP contribution in [0.15, 0.2) is 23.8 Å². The Morgan fingerprint density at radius 2 is 2.27 bits per heavy atom. The first-order valence-electron chi connectivity index (χ1n) is 5.63. The van der Waals surface area contributed by atoms with E-state index in [1.54, 1.807) is 6.92 Å². The maximum Gasteiger partial charge on any atom is 0.330 e. The number of carbonyl (C=O) groups is 1. The number of carboxylic acid groups (broad SMARTS) is 1. The summed E-state index contributed by atoms with van der Waals surface area (Å²) in [6, 6.07) is 0. The Morgan fingerprint density at radius 3 is 2.73 bits per heavy atom. The van der Waals surface area contributed by atoms with Gasteiger partial charge in [-0.25, -0.2) is 4.79 Å². The van der Waals surface area contributed by atoms with Crippen LogP contribution in [0.5, 0.6) is 0 Å². The molecule has 0 aromatic carbocycles. The molecule has 0 heterocycles.